The maximum atomic E-state index is 5.54. The van der Waals surface area contributed by atoms with Gasteiger partial charge >= 0.3 is 0 Å². The van der Waals surface area contributed by atoms with Gasteiger partial charge in [-0.05, 0) is 38.5 Å². The van der Waals surface area contributed by atoms with Crippen LogP contribution in [0.2, 0.25) is 0 Å². The van der Waals surface area contributed by atoms with E-state index < -0.39 is 0 Å². The molecule has 0 atom stereocenters. The van der Waals surface area contributed by atoms with E-state index in [1.54, 1.807) is 0 Å². The zero-order valence-electron chi connectivity index (χ0n) is 12.0. The Morgan fingerprint density at radius 1 is 1.26 bits per heavy atom. The van der Waals surface area contributed by atoms with Crippen molar-refractivity contribution in [3.8, 4) is 0 Å². The quantitative estimate of drug-likeness (QED) is 0.169. The van der Waals surface area contributed by atoms with Gasteiger partial charge in [-0.25, -0.2) is 5.84 Å². The number of nitrogens with two attached hydrogens (primary N) is 1. The van der Waals surface area contributed by atoms with Crippen molar-refractivity contribution in [2.45, 2.75) is 32.6 Å². The van der Waals surface area contributed by atoms with Gasteiger partial charge in [0, 0.05) is 39.5 Å². The van der Waals surface area contributed by atoms with Crippen molar-refractivity contribution in [3.63, 3.8) is 0 Å². The Hall–Kier alpha value is -0.850. The van der Waals surface area contributed by atoms with E-state index >= 15 is 0 Å². The molecule has 0 aliphatic heterocycles. The molecule has 4 N–H and O–H groups in total. The lowest BCUT2D eigenvalue weighted by Gasteiger charge is -2.09. The van der Waals surface area contributed by atoms with E-state index in [9.17, 15) is 0 Å². The number of aliphatic imine (C=N–C) groups is 1. The fourth-order valence-electron chi connectivity index (χ4n) is 1.57. The summed E-state index contributed by atoms with van der Waals surface area (Å²) in [7, 11) is 0. The van der Waals surface area contributed by atoms with Crippen molar-refractivity contribution in [2.75, 3.05) is 39.5 Å². The van der Waals surface area contributed by atoms with E-state index in [-0.39, 0.29) is 0 Å². The molecule has 0 heterocycles. The number of hydrazine groups is 1. The van der Waals surface area contributed by atoms with E-state index in [0.29, 0.717) is 5.96 Å². The minimum absolute atomic E-state index is 0.638. The lowest BCUT2D eigenvalue weighted by molar-refractivity contribution is 0.123. The summed E-state index contributed by atoms with van der Waals surface area (Å²) in [5.74, 6) is 6.86. The summed E-state index contributed by atoms with van der Waals surface area (Å²) >= 11 is 0. The highest BCUT2D eigenvalue weighted by molar-refractivity contribution is 5.79. The first-order chi connectivity index (χ1) is 9.36. The Kier molecular flexibility index (Phi) is 9.40. The van der Waals surface area contributed by atoms with Gasteiger partial charge in [-0.2, -0.15) is 0 Å². The average molecular weight is 272 g/mol. The van der Waals surface area contributed by atoms with Gasteiger partial charge in [0.2, 0.25) is 5.96 Å². The topological polar surface area (TPSA) is 80.9 Å². The lowest BCUT2D eigenvalue weighted by Crippen LogP contribution is -2.42. The van der Waals surface area contributed by atoms with Crippen LogP contribution in [0.4, 0.5) is 0 Å². The van der Waals surface area contributed by atoms with Crippen molar-refractivity contribution in [3.05, 3.63) is 0 Å². The lowest BCUT2D eigenvalue weighted by atomic mass is 10.4. The van der Waals surface area contributed by atoms with Gasteiger partial charge in [0.1, 0.15) is 0 Å². The molecule has 0 bridgehead atoms. The minimum Gasteiger partial charge on any atom is -0.382 e. The number of nitrogens with one attached hydrogen (secondary N) is 2. The summed E-state index contributed by atoms with van der Waals surface area (Å²) < 4.78 is 10.8. The first-order valence-corrected chi connectivity index (χ1v) is 7.27. The SMILES string of the molecule is CCOCCCNC(=NCCCOCC1CC1)NN. The van der Waals surface area contributed by atoms with E-state index in [4.69, 9.17) is 15.3 Å². The molecule has 0 saturated heterocycles. The van der Waals surface area contributed by atoms with E-state index in [2.05, 4.69) is 15.7 Å². The second-order valence-electron chi connectivity index (χ2n) is 4.72. The number of ether oxygens (including phenoxy) is 2. The fourth-order valence-corrected chi connectivity index (χ4v) is 1.57. The molecule has 0 amide bonds. The van der Waals surface area contributed by atoms with Crippen molar-refractivity contribution < 1.29 is 9.47 Å². The number of hydrogen-bond acceptors (Lipinski definition) is 4. The molecule has 0 spiro atoms. The molecule has 6 nitrogen and oxygen atoms in total. The van der Waals surface area contributed by atoms with Gasteiger partial charge in [-0.1, -0.05) is 0 Å². The van der Waals surface area contributed by atoms with Crippen LogP contribution < -0.4 is 16.6 Å². The molecule has 1 rings (SSSR count). The molecule has 0 radical (unpaired) electrons. The molecule has 1 aliphatic rings. The molecule has 19 heavy (non-hydrogen) atoms. The normalized spacial score (nSPS) is 15.6. The fraction of sp³-hybridized carbons (Fsp3) is 0.923. The number of rotatable bonds is 11. The van der Waals surface area contributed by atoms with E-state index in [0.717, 1.165) is 58.3 Å². The summed E-state index contributed by atoms with van der Waals surface area (Å²) in [4.78, 5) is 4.34. The second kappa shape index (κ2) is 11.0. The third-order valence-corrected chi connectivity index (χ3v) is 2.87. The Bertz CT molecular complexity index is 245. The summed E-state index contributed by atoms with van der Waals surface area (Å²) in [6.45, 7) is 6.74. The summed E-state index contributed by atoms with van der Waals surface area (Å²) in [6, 6.07) is 0. The van der Waals surface area contributed by atoms with Gasteiger partial charge < -0.3 is 14.8 Å². The predicted octanol–water partition coefficient (Wildman–Crippen LogP) is 0.639. The molecular weight excluding hydrogens is 244 g/mol. The third-order valence-electron chi connectivity index (χ3n) is 2.87. The van der Waals surface area contributed by atoms with Gasteiger partial charge in [-0.3, -0.25) is 10.4 Å². The molecule has 1 fully saturated rings. The maximum absolute atomic E-state index is 5.54. The standard InChI is InChI=1S/C13H28N4O2/c1-2-18-9-3-7-15-13(17-14)16-8-4-10-19-11-12-5-6-12/h12H,2-11,14H2,1H3,(H2,15,16,17). The van der Waals surface area contributed by atoms with Crippen LogP contribution in [0.25, 0.3) is 0 Å². The zero-order chi connectivity index (χ0) is 13.8. The first kappa shape index (κ1) is 16.2. The Morgan fingerprint density at radius 2 is 2.05 bits per heavy atom. The van der Waals surface area contributed by atoms with Gasteiger partial charge in [0.05, 0.1) is 0 Å². The highest BCUT2D eigenvalue weighted by Gasteiger charge is 2.20. The van der Waals surface area contributed by atoms with E-state index in [1.807, 2.05) is 6.92 Å². The van der Waals surface area contributed by atoms with Gasteiger partial charge in [-0.15, -0.1) is 0 Å². The van der Waals surface area contributed by atoms with Crippen LogP contribution in [-0.2, 0) is 9.47 Å². The first-order valence-electron chi connectivity index (χ1n) is 7.27. The Labute approximate surface area is 116 Å². The van der Waals surface area contributed by atoms with Crippen molar-refractivity contribution in [2.24, 2.45) is 16.8 Å². The molecule has 0 aromatic heterocycles. The van der Waals surface area contributed by atoms with Crippen molar-refractivity contribution >= 4 is 5.96 Å². The smallest absolute Gasteiger partial charge is 0.205 e. The number of guanidine groups is 1. The number of hydrogen-bond donors (Lipinski definition) is 3. The highest BCUT2D eigenvalue weighted by atomic mass is 16.5. The zero-order valence-corrected chi connectivity index (χ0v) is 12.0. The molecule has 0 unspecified atom stereocenters. The summed E-state index contributed by atoms with van der Waals surface area (Å²) in [5.41, 5.74) is 2.57. The molecule has 1 saturated carbocycles. The van der Waals surface area contributed by atoms with Crippen LogP contribution in [0, 0.1) is 5.92 Å². The molecule has 112 valence electrons. The molecule has 6 heteroatoms. The van der Waals surface area contributed by atoms with Crippen LogP contribution in [0.1, 0.15) is 32.6 Å². The van der Waals surface area contributed by atoms with Crippen LogP contribution in [0.3, 0.4) is 0 Å². The van der Waals surface area contributed by atoms with Gasteiger partial charge in [0.25, 0.3) is 0 Å². The third kappa shape index (κ3) is 9.69. The van der Waals surface area contributed by atoms with Crippen molar-refractivity contribution in [1.82, 2.24) is 10.7 Å². The molecular formula is C13H28N4O2. The van der Waals surface area contributed by atoms with Gasteiger partial charge in [0.15, 0.2) is 0 Å². The summed E-state index contributed by atoms with van der Waals surface area (Å²) in [6.07, 6.45) is 4.55. The van der Waals surface area contributed by atoms with Crippen LogP contribution >= 0.6 is 0 Å². The van der Waals surface area contributed by atoms with Crippen LogP contribution in [-0.4, -0.2) is 45.5 Å². The average Bonchev–Trinajstić information content (AvgIpc) is 3.24. The predicted molar refractivity (Wildman–Crippen MR) is 76.9 cm³/mol. The molecule has 0 aromatic rings. The molecule has 0 aromatic carbocycles. The molecule has 1 aliphatic carbocycles. The monoisotopic (exact) mass is 272 g/mol. The Morgan fingerprint density at radius 3 is 2.74 bits per heavy atom. The van der Waals surface area contributed by atoms with E-state index in [1.165, 1.54) is 12.8 Å². The highest BCUT2D eigenvalue weighted by Crippen LogP contribution is 2.28. The number of nitrogens with zero attached hydrogens (tertiary/aromatic N) is 1. The minimum atomic E-state index is 0.638. The van der Waals surface area contributed by atoms with Crippen molar-refractivity contribution in [1.29, 1.82) is 0 Å². The maximum Gasteiger partial charge on any atom is 0.205 e. The Balaban J connectivity index is 1.92. The largest absolute Gasteiger partial charge is 0.382 e. The summed E-state index contributed by atoms with van der Waals surface area (Å²) in [5, 5.41) is 3.14. The van der Waals surface area contributed by atoms with Crippen LogP contribution in [0.15, 0.2) is 4.99 Å². The second-order valence-corrected chi connectivity index (χ2v) is 4.72. The van der Waals surface area contributed by atoms with Crippen LogP contribution in [0.5, 0.6) is 0 Å².